The first-order chi connectivity index (χ1) is 20.9. The molecule has 0 aliphatic rings. The number of likely N-dealkylation sites (N-methyl/N-ethyl adjacent to an activating group) is 6. The number of carboxylic acid groups (broad SMARTS) is 2. The summed E-state index contributed by atoms with van der Waals surface area (Å²) in [5, 5.41) is 17.9. The van der Waals surface area contributed by atoms with E-state index in [4.69, 9.17) is 19.8 Å². The summed E-state index contributed by atoms with van der Waals surface area (Å²) < 4.78 is 118. The molecule has 0 fully saturated rings. The van der Waals surface area contributed by atoms with Crippen LogP contribution >= 0.6 is 0 Å². The molecule has 28 nitrogen and oxygen atoms in total. The molecule has 328 valence electrons. The second-order valence-corrected chi connectivity index (χ2v) is 18.4. The van der Waals surface area contributed by atoms with Gasteiger partial charge in [-0.3, -0.25) is 0 Å². The Kier molecular flexibility index (Phi) is 57.5. The standard InChI is InChI=1S/3C6H16N2.C2H2O4.4Cr.4H2O.14O/c3*1-7(2)5-6-8(3)4;3-1(4)2(5)6;;;;;;;;;;;;;;;;;;;;;;/h3*5-6H2,1-4H3;(H,3,4)(H,5,6);;;;;4*1H2;;;;;;;;;;;;;;/q;;;;;;;;;;;;;;;;;;;;;;4*-1/p+4. The minimum absolute atomic E-state index is 0. The molecule has 0 atom stereocenters. The molecular formula is C20H62Cr4N6O22. The Morgan fingerprint density at radius 2 is 0.462 bits per heavy atom. The van der Waals surface area contributed by atoms with Gasteiger partial charge in [-0.2, -0.15) is 0 Å². The van der Waals surface area contributed by atoms with Crippen LogP contribution in [0.25, 0.3) is 0 Å². The van der Waals surface area contributed by atoms with E-state index in [1.807, 2.05) is 0 Å². The van der Waals surface area contributed by atoms with Gasteiger partial charge in [0.25, 0.3) is 0 Å². The Bertz CT molecular complexity index is 1060. The first kappa shape index (κ1) is 75.7. The molecule has 32 heteroatoms. The maximum atomic E-state index is 9.38. The second kappa shape index (κ2) is 39.5. The molecule has 0 bridgehead atoms. The SMILES string of the molecule is C[NH+](C)CC[NH+](C)C.C[NH+](C)CC[NH+](C)C.C[NH+](C)CC[NH+](C)C.O.O.O.O.O=C([O-])C(=O)[O-].[O]=[Cr](=[O])([O-])[O][Cr](=[O])(=[O])[O-].[O]=[Cr](=[O])([O-])[O][Cr](=[O])(=[O])[O-]. The van der Waals surface area contributed by atoms with Crippen molar-refractivity contribution in [1.82, 2.24) is 0 Å². The van der Waals surface area contributed by atoms with Crippen LogP contribution in [-0.4, -0.2) is 158 Å². The van der Waals surface area contributed by atoms with Crippen LogP contribution in [0.2, 0.25) is 0 Å². The van der Waals surface area contributed by atoms with Crippen LogP contribution in [0.5, 0.6) is 0 Å². The monoisotopic (exact) mass is 946 g/mol. The van der Waals surface area contributed by atoms with Gasteiger partial charge >= 0.3 is 107 Å². The predicted octanol–water partition coefficient (Wildman–Crippen LogP) is -20.8. The van der Waals surface area contributed by atoms with Gasteiger partial charge in [0.2, 0.25) is 0 Å². The summed E-state index contributed by atoms with van der Waals surface area (Å²) in [6, 6.07) is 0. The fourth-order valence-corrected chi connectivity index (χ4v) is 4.97. The van der Waals surface area contributed by atoms with Crippen LogP contribution in [0, 0.1) is 0 Å². The molecule has 0 aliphatic heterocycles. The van der Waals surface area contributed by atoms with Crippen LogP contribution in [0.4, 0.5) is 0 Å². The van der Waals surface area contributed by atoms with Gasteiger partial charge in [0.15, 0.2) is 0 Å². The fourth-order valence-electron chi connectivity index (χ4n) is 1.70. The Hall–Kier alpha value is -1.17. The van der Waals surface area contributed by atoms with Gasteiger partial charge in [-0.05, 0) is 0 Å². The number of hydrogen-bond donors (Lipinski definition) is 6. The Morgan fingerprint density at radius 1 is 0.365 bits per heavy atom. The number of hydrogen-bond acceptors (Lipinski definition) is 18. The van der Waals surface area contributed by atoms with Gasteiger partial charge in [-0.25, -0.2) is 0 Å². The zero-order chi connectivity index (χ0) is 40.3. The summed E-state index contributed by atoms with van der Waals surface area (Å²) in [7, 11) is 26.2. The van der Waals surface area contributed by atoms with Crippen molar-refractivity contribution in [3.63, 3.8) is 0 Å². The quantitative estimate of drug-likeness (QED) is 0.0934. The molecule has 0 saturated carbocycles. The van der Waals surface area contributed by atoms with E-state index in [-0.39, 0.29) is 21.9 Å². The van der Waals surface area contributed by atoms with Crippen molar-refractivity contribution in [3.05, 3.63) is 0 Å². The van der Waals surface area contributed by atoms with Crippen molar-refractivity contribution < 1.29 is 178 Å². The normalized spacial score (nSPS) is 10.7. The van der Waals surface area contributed by atoms with Crippen LogP contribution in [0.3, 0.4) is 0 Å². The summed E-state index contributed by atoms with van der Waals surface area (Å²) in [5.41, 5.74) is 0. The van der Waals surface area contributed by atoms with E-state index >= 15 is 0 Å². The zero-order valence-electron chi connectivity index (χ0n) is 31.2. The van der Waals surface area contributed by atoms with E-state index in [1.54, 1.807) is 0 Å². The average molecular weight is 947 g/mol. The number of carbonyl (C=O) groups is 2. The molecule has 0 spiro atoms. The second-order valence-electron chi connectivity index (χ2n) is 11.1. The van der Waals surface area contributed by atoms with Gasteiger partial charge < -0.3 is 71.1 Å². The molecular weight excluding hydrogens is 884 g/mol. The summed E-state index contributed by atoms with van der Waals surface area (Å²) >= 11 is -24.3. The van der Waals surface area contributed by atoms with Gasteiger partial charge in [0.05, 0.1) is 96.5 Å². The van der Waals surface area contributed by atoms with Crippen molar-refractivity contribution in [1.29, 1.82) is 0 Å². The molecule has 52 heavy (non-hydrogen) atoms. The van der Waals surface area contributed by atoms with Gasteiger partial charge in [0.1, 0.15) is 39.3 Å². The predicted molar refractivity (Wildman–Crippen MR) is 138 cm³/mol. The summed E-state index contributed by atoms with van der Waals surface area (Å²) in [5.74, 6) is -4.37. The Labute approximate surface area is 312 Å². The molecule has 0 radical (unpaired) electrons. The molecule has 0 heterocycles. The summed E-state index contributed by atoms with van der Waals surface area (Å²) in [4.78, 5) is 27.1. The van der Waals surface area contributed by atoms with Gasteiger partial charge in [-0.15, -0.1) is 0 Å². The van der Waals surface area contributed by atoms with Crippen LogP contribution in [0.1, 0.15) is 0 Å². The van der Waals surface area contributed by atoms with E-state index in [9.17, 15) is 47.1 Å². The number of aliphatic carboxylic acids is 2. The first-order valence-corrected chi connectivity index (χ1v) is 21.7. The van der Waals surface area contributed by atoms with Gasteiger partial charge in [-0.1, -0.05) is 0 Å². The van der Waals surface area contributed by atoms with E-state index < -0.39 is 66.4 Å². The molecule has 0 rings (SSSR count). The maximum absolute atomic E-state index is 9.38. The molecule has 0 saturated heterocycles. The topological polar surface area (TPSA) is 480 Å². The fraction of sp³-hybridized carbons (Fsp3) is 0.900. The third-order valence-electron chi connectivity index (χ3n) is 3.87. The molecule has 0 aliphatic carbocycles. The van der Waals surface area contributed by atoms with E-state index in [2.05, 4.69) is 90.3 Å². The van der Waals surface area contributed by atoms with Crippen molar-refractivity contribution in [2.24, 2.45) is 0 Å². The zero-order valence-corrected chi connectivity index (χ0v) is 36.3. The average Bonchev–Trinajstić information content (AvgIpc) is 2.77. The molecule has 0 unspecified atom stereocenters. The number of carboxylic acids is 2. The number of nitrogens with one attached hydrogen (secondary N) is 6. The molecule has 14 N–H and O–H groups in total. The third kappa shape index (κ3) is 126. The number of quaternary nitrogens is 6. The van der Waals surface area contributed by atoms with Crippen molar-refractivity contribution in [2.75, 3.05) is 124 Å². The Morgan fingerprint density at radius 3 is 0.481 bits per heavy atom. The molecule has 0 aromatic carbocycles. The van der Waals surface area contributed by atoms with E-state index in [1.165, 1.54) is 68.7 Å². The molecule has 0 amide bonds. The molecule has 0 aromatic heterocycles. The Balaban J connectivity index is -0.0000000503. The number of carbonyl (C=O) groups excluding carboxylic acids is 2. The third-order valence-corrected chi connectivity index (χ3v) is 9.21. The van der Waals surface area contributed by atoms with Crippen molar-refractivity contribution in [3.8, 4) is 0 Å². The van der Waals surface area contributed by atoms with Gasteiger partial charge in [0, 0.05) is 0 Å². The summed E-state index contributed by atoms with van der Waals surface area (Å²) in [6.07, 6.45) is 0. The first-order valence-electron chi connectivity index (χ1n) is 13.4. The molecule has 0 aromatic rings. The van der Waals surface area contributed by atoms with Crippen molar-refractivity contribution in [2.45, 2.75) is 0 Å². The minimum atomic E-state index is -6.07. The van der Waals surface area contributed by atoms with Crippen LogP contribution in [-0.2, 0) is 100 Å². The van der Waals surface area contributed by atoms with E-state index in [0.29, 0.717) is 0 Å². The van der Waals surface area contributed by atoms with Crippen molar-refractivity contribution >= 4 is 11.9 Å². The number of rotatable bonds is 13. The summed E-state index contributed by atoms with van der Waals surface area (Å²) in [6.45, 7) is 7.60. The van der Waals surface area contributed by atoms with Crippen LogP contribution < -0.4 is 56.2 Å². The van der Waals surface area contributed by atoms with E-state index in [0.717, 1.165) is 0 Å². The van der Waals surface area contributed by atoms with Crippen LogP contribution in [0.15, 0.2) is 0 Å².